The Bertz CT molecular complexity index is 435. The molecule has 3 nitrogen and oxygen atoms in total. The van der Waals surface area contributed by atoms with Crippen LogP contribution < -0.4 is 10.7 Å². The molecule has 2 N–H and O–H groups in total. The number of para-hydroxylation sites is 1. The third-order valence-electron chi connectivity index (χ3n) is 3.61. The minimum absolute atomic E-state index is 0.0329. The molecule has 0 aromatic heterocycles. The van der Waals surface area contributed by atoms with Gasteiger partial charge in [-0.05, 0) is 25.0 Å². The van der Waals surface area contributed by atoms with Crippen molar-refractivity contribution in [1.82, 2.24) is 10.7 Å². The van der Waals surface area contributed by atoms with Crippen molar-refractivity contribution in [3.8, 4) is 0 Å². The van der Waals surface area contributed by atoms with Crippen molar-refractivity contribution in [2.45, 2.75) is 37.8 Å². The fourth-order valence-electron chi connectivity index (χ4n) is 2.72. The molecule has 0 atom stereocenters. The molecule has 0 bridgehead atoms. The number of hydrazone groups is 1. The van der Waals surface area contributed by atoms with Crippen LogP contribution in [0.3, 0.4) is 0 Å². The molecular formula is C13H18N3S+. The highest BCUT2D eigenvalue weighted by molar-refractivity contribution is 7.96. The first-order chi connectivity index (χ1) is 8.29. The molecule has 3 rings (SSSR count). The van der Waals surface area contributed by atoms with E-state index in [-0.39, 0.29) is 5.66 Å². The highest BCUT2D eigenvalue weighted by Gasteiger charge is 2.44. The van der Waals surface area contributed by atoms with Gasteiger partial charge in [-0.2, -0.15) is 0 Å². The van der Waals surface area contributed by atoms with Crippen LogP contribution in [0.5, 0.6) is 0 Å². The van der Waals surface area contributed by atoms with Gasteiger partial charge in [-0.25, -0.2) is 10.7 Å². The fourth-order valence-corrected chi connectivity index (χ4v) is 3.10. The van der Waals surface area contributed by atoms with Crippen LogP contribution in [0.4, 0.5) is 5.69 Å². The first-order valence-electron chi connectivity index (χ1n) is 6.26. The highest BCUT2D eigenvalue weighted by Crippen LogP contribution is 2.29. The van der Waals surface area contributed by atoms with Crippen LogP contribution in [0.1, 0.15) is 32.1 Å². The molecule has 1 saturated carbocycles. The van der Waals surface area contributed by atoms with E-state index in [1.165, 1.54) is 32.1 Å². The molecular weight excluding hydrogens is 230 g/mol. The van der Waals surface area contributed by atoms with E-state index in [1.54, 1.807) is 0 Å². The molecule has 4 heteroatoms. The number of benzene rings is 1. The topological polar surface area (TPSA) is 27.1 Å². The van der Waals surface area contributed by atoms with Gasteiger partial charge in [-0.15, -0.1) is 4.68 Å². The van der Waals surface area contributed by atoms with Crippen LogP contribution in [0.15, 0.2) is 30.3 Å². The number of hydrazine groups is 1. The number of nitrogens with one attached hydrogen (secondary N) is 2. The zero-order valence-electron chi connectivity index (χ0n) is 9.82. The van der Waals surface area contributed by atoms with Gasteiger partial charge in [0, 0.05) is 12.8 Å². The molecule has 1 fully saturated rings. The predicted molar refractivity (Wildman–Crippen MR) is 72.4 cm³/mol. The SMILES string of the molecule is SC1=[N+](c2ccccc2)NC2(CCCCC2)N1. The smallest absolute Gasteiger partial charge is 0.241 e. The van der Waals surface area contributed by atoms with Gasteiger partial charge in [0.1, 0.15) is 0 Å². The van der Waals surface area contributed by atoms with Crippen molar-refractivity contribution in [2.24, 2.45) is 0 Å². The van der Waals surface area contributed by atoms with Crippen molar-refractivity contribution in [3.63, 3.8) is 0 Å². The van der Waals surface area contributed by atoms with E-state index >= 15 is 0 Å². The van der Waals surface area contributed by atoms with Crippen molar-refractivity contribution in [3.05, 3.63) is 30.3 Å². The molecule has 17 heavy (non-hydrogen) atoms. The van der Waals surface area contributed by atoms with Gasteiger partial charge in [0.15, 0.2) is 5.69 Å². The minimum atomic E-state index is 0.0329. The Kier molecular flexibility index (Phi) is 2.74. The number of thiol groups is 1. The summed E-state index contributed by atoms with van der Waals surface area (Å²) >= 11 is 4.55. The lowest BCUT2D eigenvalue weighted by molar-refractivity contribution is -0.509. The molecule has 1 aromatic carbocycles. The lowest BCUT2D eigenvalue weighted by Crippen LogP contribution is -2.53. The maximum atomic E-state index is 4.55. The van der Waals surface area contributed by atoms with E-state index in [0.29, 0.717) is 0 Å². The summed E-state index contributed by atoms with van der Waals surface area (Å²) in [6.07, 6.45) is 6.24. The van der Waals surface area contributed by atoms with Crippen LogP contribution in [0.2, 0.25) is 0 Å². The Labute approximate surface area is 107 Å². The fraction of sp³-hybridized carbons (Fsp3) is 0.462. The number of amidine groups is 1. The van der Waals surface area contributed by atoms with E-state index in [2.05, 4.69) is 40.2 Å². The van der Waals surface area contributed by atoms with Crippen LogP contribution >= 0.6 is 12.6 Å². The maximum Gasteiger partial charge on any atom is 0.333 e. The first kappa shape index (κ1) is 11.0. The molecule has 0 unspecified atom stereocenters. The quantitative estimate of drug-likeness (QED) is 0.526. The summed E-state index contributed by atoms with van der Waals surface area (Å²) in [5.41, 5.74) is 4.75. The standard InChI is InChI=1S/C13H17N3S/c17-12-14-13(9-5-2-6-10-13)15-16(12)11-7-3-1-4-8-11/h1,3-4,7-8,15H,2,5-6,9-10H2,(H,14,17)/p+1. The number of rotatable bonds is 1. The van der Waals surface area contributed by atoms with Crippen LogP contribution in [-0.4, -0.2) is 15.5 Å². The lowest BCUT2D eigenvalue weighted by Gasteiger charge is -2.28. The normalized spacial score (nSPS) is 22.4. The molecule has 1 aromatic rings. The first-order valence-corrected chi connectivity index (χ1v) is 6.71. The van der Waals surface area contributed by atoms with Crippen LogP contribution in [0, 0.1) is 0 Å². The Morgan fingerprint density at radius 1 is 1.06 bits per heavy atom. The molecule has 0 radical (unpaired) electrons. The second-order valence-electron chi connectivity index (χ2n) is 4.87. The summed E-state index contributed by atoms with van der Waals surface area (Å²) in [4.78, 5) is 0. The molecule has 2 aliphatic rings. The second-order valence-corrected chi connectivity index (χ2v) is 5.30. The second kappa shape index (κ2) is 4.26. The van der Waals surface area contributed by atoms with Gasteiger partial charge in [0.05, 0.1) is 0 Å². The van der Waals surface area contributed by atoms with Gasteiger partial charge >= 0.3 is 5.17 Å². The lowest BCUT2D eigenvalue weighted by atomic mass is 9.90. The van der Waals surface area contributed by atoms with E-state index < -0.39 is 0 Å². The summed E-state index contributed by atoms with van der Waals surface area (Å²) in [6.45, 7) is 0. The third-order valence-corrected chi connectivity index (χ3v) is 3.92. The average molecular weight is 248 g/mol. The van der Waals surface area contributed by atoms with E-state index in [4.69, 9.17) is 0 Å². The Morgan fingerprint density at radius 3 is 2.47 bits per heavy atom. The Balaban J connectivity index is 1.85. The van der Waals surface area contributed by atoms with Crippen molar-refractivity contribution >= 4 is 23.5 Å². The van der Waals surface area contributed by atoms with Crippen molar-refractivity contribution in [2.75, 3.05) is 0 Å². The summed E-state index contributed by atoms with van der Waals surface area (Å²) in [6, 6.07) is 10.3. The summed E-state index contributed by atoms with van der Waals surface area (Å²) < 4.78 is 2.05. The molecule has 1 heterocycles. The van der Waals surface area contributed by atoms with Crippen LogP contribution in [-0.2, 0) is 0 Å². The predicted octanol–water partition coefficient (Wildman–Crippen LogP) is 2.38. The molecule has 1 aliphatic carbocycles. The van der Waals surface area contributed by atoms with Crippen molar-refractivity contribution < 1.29 is 4.68 Å². The largest absolute Gasteiger partial charge is 0.333 e. The molecule has 1 spiro atoms. The van der Waals surface area contributed by atoms with Gasteiger partial charge in [0.25, 0.3) is 0 Å². The maximum absolute atomic E-state index is 4.55. The summed E-state index contributed by atoms with van der Waals surface area (Å²) in [5.74, 6) is 0. The van der Waals surface area contributed by atoms with Gasteiger partial charge in [-0.1, -0.05) is 37.2 Å². The average Bonchev–Trinajstić information content (AvgIpc) is 2.68. The molecule has 1 aliphatic heterocycles. The zero-order chi connectivity index (χ0) is 11.7. The third kappa shape index (κ3) is 2.02. The molecule has 0 saturated heterocycles. The van der Waals surface area contributed by atoms with E-state index in [9.17, 15) is 0 Å². The monoisotopic (exact) mass is 248 g/mol. The van der Waals surface area contributed by atoms with Gasteiger partial charge < -0.3 is 0 Å². The van der Waals surface area contributed by atoms with Gasteiger partial charge in [0.2, 0.25) is 5.66 Å². The summed E-state index contributed by atoms with van der Waals surface area (Å²) in [5, 5.41) is 4.41. The van der Waals surface area contributed by atoms with Crippen molar-refractivity contribution in [1.29, 1.82) is 0 Å². The van der Waals surface area contributed by atoms with Gasteiger partial charge in [-0.3, -0.25) is 0 Å². The summed E-state index contributed by atoms with van der Waals surface area (Å²) in [7, 11) is 0. The Morgan fingerprint density at radius 2 is 1.76 bits per heavy atom. The molecule has 0 amide bonds. The molecule has 90 valence electrons. The van der Waals surface area contributed by atoms with Crippen LogP contribution in [0.25, 0.3) is 0 Å². The van der Waals surface area contributed by atoms with E-state index in [0.717, 1.165) is 10.9 Å². The number of hydrogen-bond donors (Lipinski definition) is 3. The number of hydrogen-bond acceptors (Lipinski definition) is 2. The Hall–Kier alpha value is -1.16. The van der Waals surface area contributed by atoms with E-state index in [1.807, 2.05) is 18.2 Å². The highest BCUT2D eigenvalue weighted by atomic mass is 32.1. The minimum Gasteiger partial charge on any atom is -0.241 e. The zero-order valence-corrected chi connectivity index (χ0v) is 10.7. The number of nitrogens with zero attached hydrogens (tertiary/aromatic N) is 1.